The van der Waals surface area contributed by atoms with Crippen molar-refractivity contribution in [2.24, 2.45) is 0 Å². The summed E-state index contributed by atoms with van der Waals surface area (Å²) in [6.07, 6.45) is 1.72. The molecule has 5 heteroatoms. The number of hydrogen-bond acceptors (Lipinski definition) is 5. The molecule has 2 rings (SSSR count). The smallest absolute Gasteiger partial charge is 0.222 e. The number of rotatable bonds is 2. The van der Waals surface area contributed by atoms with Crippen molar-refractivity contribution < 1.29 is 0 Å². The van der Waals surface area contributed by atoms with Crippen molar-refractivity contribution in [3.63, 3.8) is 0 Å². The van der Waals surface area contributed by atoms with Crippen molar-refractivity contribution in [2.45, 2.75) is 0 Å². The van der Waals surface area contributed by atoms with E-state index in [0.29, 0.717) is 5.95 Å². The Balaban J connectivity index is 2.41. The molecule has 0 aromatic carbocycles. The molecule has 0 saturated carbocycles. The zero-order valence-electron chi connectivity index (χ0n) is 7.06. The molecule has 0 spiro atoms. The summed E-state index contributed by atoms with van der Waals surface area (Å²) in [4.78, 5) is 12.4. The molecule has 0 saturated heterocycles. The van der Waals surface area contributed by atoms with Crippen LogP contribution in [0.4, 0.5) is 5.95 Å². The highest BCUT2D eigenvalue weighted by atomic mass is 32.1. The molecule has 2 aromatic rings. The maximum absolute atomic E-state index is 4.26. The van der Waals surface area contributed by atoms with Crippen LogP contribution < -0.4 is 5.32 Å². The van der Waals surface area contributed by atoms with Gasteiger partial charge in [0.1, 0.15) is 0 Å². The Hall–Kier alpha value is -1.49. The summed E-state index contributed by atoms with van der Waals surface area (Å²) in [5, 5.41) is 4.84. The summed E-state index contributed by atoms with van der Waals surface area (Å²) in [6, 6.07) is 1.84. The van der Waals surface area contributed by atoms with E-state index in [9.17, 15) is 0 Å². The van der Waals surface area contributed by atoms with Gasteiger partial charge >= 0.3 is 0 Å². The summed E-state index contributed by atoms with van der Waals surface area (Å²) in [7, 11) is 1.79. The van der Waals surface area contributed by atoms with Gasteiger partial charge in [0.2, 0.25) is 5.95 Å². The van der Waals surface area contributed by atoms with Crippen LogP contribution in [0.3, 0.4) is 0 Å². The number of anilines is 1. The SMILES string of the molecule is CNc1nccc(-c2cscn2)n1. The van der Waals surface area contributed by atoms with E-state index in [1.807, 2.05) is 11.4 Å². The van der Waals surface area contributed by atoms with Crippen LogP contribution in [0.5, 0.6) is 0 Å². The highest BCUT2D eigenvalue weighted by molar-refractivity contribution is 7.07. The average Bonchev–Trinajstić information content (AvgIpc) is 2.71. The minimum absolute atomic E-state index is 0.616. The van der Waals surface area contributed by atoms with Crippen molar-refractivity contribution in [3.8, 4) is 11.4 Å². The zero-order valence-corrected chi connectivity index (χ0v) is 7.88. The lowest BCUT2D eigenvalue weighted by Crippen LogP contribution is -1.96. The zero-order chi connectivity index (χ0) is 9.10. The molecule has 0 fully saturated rings. The van der Waals surface area contributed by atoms with Crippen molar-refractivity contribution in [2.75, 3.05) is 12.4 Å². The van der Waals surface area contributed by atoms with Crippen LogP contribution in [0.1, 0.15) is 0 Å². The topological polar surface area (TPSA) is 50.7 Å². The predicted octanol–water partition coefficient (Wildman–Crippen LogP) is 1.64. The second kappa shape index (κ2) is 3.49. The van der Waals surface area contributed by atoms with Gasteiger partial charge in [0, 0.05) is 18.6 Å². The Kier molecular flexibility index (Phi) is 2.18. The normalized spacial score (nSPS) is 9.92. The molecule has 2 heterocycles. The molecule has 2 aromatic heterocycles. The fraction of sp³-hybridized carbons (Fsp3) is 0.125. The first-order chi connectivity index (χ1) is 6.40. The first-order valence-electron chi connectivity index (χ1n) is 3.79. The molecule has 0 atom stereocenters. The number of thiazole rings is 1. The van der Waals surface area contributed by atoms with Gasteiger partial charge in [-0.05, 0) is 6.07 Å². The van der Waals surface area contributed by atoms with Crippen LogP contribution in [0, 0.1) is 0 Å². The first-order valence-corrected chi connectivity index (χ1v) is 4.74. The van der Waals surface area contributed by atoms with Crippen LogP contribution in [-0.2, 0) is 0 Å². The van der Waals surface area contributed by atoms with Crippen molar-refractivity contribution in [1.82, 2.24) is 15.0 Å². The van der Waals surface area contributed by atoms with Gasteiger partial charge in [-0.25, -0.2) is 15.0 Å². The summed E-state index contributed by atoms with van der Waals surface area (Å²) >= 11 is 1.56. The summed E-state index contributed by atoms with van der Waals surface area (Å²) in [6.45, 7) is 0. The number of hydrogen-bond donors (Lipinski definition) is 1. The third-order valence-corrected chi connectivity index (χ3v) is 2.16. The quantitative estimate of drug-likeness (QED) is 0.786. The van der Waals surface area contributed by atoms with Crippen molar-refractivity contribution in [3.05, 3.63) is 23.2 Å². The second-order valence-electron chi connectivity index (χ2n) is 2.39. The molecule has 0 bridgehead atoms. The lowest BCUT2D eigenvalue weighted by molar-refractivity contribution is 1.14. The second-order valence-corrected chi connectivity index (χ2v) is 3.11. The summed E-state index contributed by atoms with van der Waals surface area (Å²) in [5.41, 5.74) is 3.53. The molecule has 13 heavy (non-hydrogen) atoms. The molecule has 1 N–H and O–H groups in total. The summed E-state index contributed by atoms with van der Waals surface area (Å²) in [5.74, 6) is 0.616. The molecule has 0 unspecified atom stereocenters. The minimum atomic E-state index is 0.616. The molecule has 0 amide bonds. The van der Waals surface area contributed by atoms with Gasteiger partial charge in [-0.15, -0.1) is 11.3 Å². The first kappa shape index (κ1) is 8.12. The Morgan fingerprint density at radius 2 is 2.23 bits per heavy atom. The van der Waals surface area contributed by atoms with E-state index in [1.54, 1.807) is 30.1 Å². The molecule has 4 nitrogen and oxygen atoms in total. The number of nitrogens with one attached hydrogen (secondary N) is 1. The molecule has 0 aliphatic carbocycles. The monoisotopic (exact) mass is 192 g/mol. The van der Waals surface area contributed by atoms with Crippen LogP contribution in [0.15, 0.2) is 23.2 Å². The Bertz CT molecular complexity index is 385. The number of aromatic nitrogens is 3. The van der Waals surface area contributed by atoms with E-state index >= 15 is 0 Å². The minimum Gasteiger partial charge on any atom is -0.357 e. The molecule has 66 valence electrons. The van der Waals surface area contributed by atoms with Crippen LogP contribution in [0.25, 0.3) is 11.4 Å². The molecular formula is C8H8N4S. The Morgan fingerprint density at radius 3 is 2.92 bits per heavy atom. The standard InChI is InChI=1S/C8H8N4S/c1-9-8-10-3-2-6(12-8)7-4-13-5-11-7/h2-5H,1H3,(H,9,10,12). The van der Waals surface area contributed by atoms with Gasteiger partial charge in [0.25, 0.3) is 0 Å². The van der Waals surface area contributed by atoms with E-state index in [0.717, 1.165) is 11.4 Å². The van der Waals surface area contributed by atoms with E-state index < -0.39 is 0 Å². The molecule has 0 aliphatic heterocycles. The fourth-order valence-corrected chi connectivity index (χ4v) is 1.51. The Morgan fingerprint density at radius 1 is 1.31 bits per heavy atom. The Labute approximate surface area is 79.7 Å². The van der Waals surface area contributed by atoms with Crippen molar-refractivity contribution >= 4 is 17.3 Å². The van der Waals surface area contributed by atoms with Gasteiger partial charge in [0.05, 0.1) is 16.9 Å². The summed E-state index contributed by atoms with van der Waals surface area (Å²) < 4.78 is 0. The molecular weight excluding hydrogens is 184 g/mol. The van der Waals surface area contributed by atoms with Gasteiger partial charge in [-0.1, -0.05) is 0 Å². The highest BCUT2D eigenvalue weighted by Gasteiger charge is 2.01. The molecule has 0 radical (unpaired) electrons. The third kappa shape index (κ3) is 1.65. The lowest BCUT2D eigenvalue weighted by atomic mass is 10.3. The van der Waals surface area contributed by atoms with Gasteiger partial charge < -0.3 is 5.32 Å². The average molecular weight is 192 g/mol. The van der Waals surface area contributed by atoms with Crippen LogP contribution in [-0.4, -0.2) is 22.0 Å². The maximum atomic E-state index is 4.26. The lowest BCUT2D eigenvalue weighted by Gasteiger charge is -1.99. The van der Waals surface area contributed by atoms with Crippen LogP contribution >= 0.6 is 11.3 Å². The van der Waals surface area contributed by atoms with Crippen LogP contribution in [0.2, 0.25) is 0 Å². The van der Waals surface area contributed by atoms with E-state index in [4.69, 9.17) is 0 Å². The van der Waals surface area contributed by atoms with E-state index in [-0.39, 0.29) is 0 Å². The maximum Gasteiger partial charge on any atom is 0.222 e. The van der Waals surface area contributed by atoms with E-state index in [1.165, 1.54) is 0 Å². The number of nitrogens with zero attached hydrogens (tertiary/aromatic N) is 3. The fourth-order valence-electron chi connectivity index (χ4n) is 0.961. The van der Waals surface area contributed by atoms with E-state index in [2.05, 4.69) is 20.3 Å². The molecule has 0 aliphatic rings. The van der Waals surface area contributed by atoms with Gasteiger partial charge in [-0.2, -0.15) is 0 Å². The highest BCUT2D eigenvalue weighted by Crippen LogP contribution is 2.16. The predicted molar refractivity (Wildman–Crippen MR) is 52.7 cm³/mol. The van der Waals surface area contributed by atoms with Gasteiger partial charge in [0.15, 0.2) is 0 Å². The van der Waals surface area contributed by atoms with Crippen molar-refractivity contribution in [1.29, 1.82) is 0 Å². The largest absolute Gasteiger partial charge is 0.357 e. The third-order valence-electron chi connectivity index (χ3n) is 1.57. The van der Waals surface area contributed by atoms with Gasteiger partial charge in [-0.3, -0.25) is 0 Å².